The zero-order valence-corrected chi connectivity index (χ0v) is 15.3. The second kappa shape index (κ2) is 7.09. The normalized spacial score (nSPS) is 29.0. The minimum absolute atomic E-state index is 0.415. The number of carboxylic acid groups (broad SMARTS) is 1. The average Bonchev–Trinajstić information content (AvgIpc) is 2.78. The predicted molar refractivity (Wildman–Crippen MR) is 85.4 cm³/mol. The maximum Gasteiger partial charge on any atom is 0.409 e. The molecule has 8 heteroatoms. The average molecular weight is 349 g/mol. The highest BCUT2D eigenvalue weighted by molar-refractivity contribution is 7.54. The molecule has 2 rings (SSSR count). The molecule has 2 fully saturated rings. The Bertz CT molecular complexity index is 469. The van der Waals surface area contributed by atoms with Crippen LogP contribution in [0.1, 0.15) is 52.4 Å². The highest BCUT2D eigenvalue weighted by atomic mass is 31.2. The first kappa shape index (κ1) is 18.7. The summed E-state index contributed by atoms with van der Waals surface area (Å²) >= 11 is 0. The zero-order valence-electron chi connectivity index (χ0n) is 14.4. The van der Waals surface area contributed by atoms with Gasteiger partial charge in [-0.1, -0.05) is 32.1 Å². The van der Waals surface area contributed by atoms with E-state index in [9.17, 15) is 14.5 Å². The maximum absolute atomic E-state index is 12.9. The van der Waals surface area contributed by atoms with Crippen LogP contribution in [0.15, 0.2) is 0 Å². The van der Waals surface area contributed by atoms with Gasteiger partial charge in [-0.2, -0.15) is 0 Å². The van der Waals surface area contributed by atoms with E-state index < -0.39 is 31.3 Å². The van der Waals surface area contributed by atoms with E-state index >= 15 is 0 Å². The monoisotopic (exact) mass is 349 g/mol. The molecule has 0 aromatic rings. The fourth-order valence-corrected chi connectivity index (χ4v) is 5.50. The fourth-order valence-electron chi connectivity index (χ4n) is 3.87. The Hall–Kier alpha value is -0.620. The highest BCUT2D eigenvalue weighted by Crippen LogP contribution is 2.59. The van der Waals surface area contributed by atoms with E-state index in [-0.39, 0.29) is 0 Å². The van der Waals surface area contributed by atoms with Crippen LogP contribution in [0.4, 0.5) is 4.79 Å². The van der Waals surface area contributed by atoms with E-state index in [0.717, 1.165) is 25.7 Å². The molecule has 1 unspecified atom stereocenters. The van der Waals surface area contributed by atoms with Crippen molar-refractivity contribution in [1.29, 1.82) is 0 Å². The minimum atomic E-state index is -3.54. The van der Waals surface area contributed by atoms with Crippen LogP contribution >= 0.6 is 7.60 Å². The van der Waals surface area contributed by atoms with Crippen LogP contribution in [0.25, 0.3) is 0 Å². The Morgan fingerprint density at radius 3 is 2.30 bits per heavy atom. The van der Waals surface area contributed by atoms with Gasteiger partial charge in [0.25, 0.3) is 0 Å². The van der Waals surface area contributed by atoms with Gasteiger partial charge in [0, 0.05) is 14.2 Å². The second-order valence-corrected chi connectivity index (χ2v) is 9.14. The summed E-state index contributed by atoms with van der Waals surface area (Å²) in [5, 5.41) is 9.65. The van der Waals surface area contributed by atoms with Crippen LogP contribution in [-0.4, -0.2) is 47.9 Å². The van der Waals surface area contributed by atoms with Crippen molar-refractivity contribution in [3.8, 4) is 0 Å². The van der Waals surface area contributed by atoms with Crippen molar-refractivity contribution in [2.75, 3.05) is 14.2 Å². The van der Waals surface area contributed by atoms with Crippen molar-refractivity contribution in [3.63, 3.8) is 0 Å². The minimum Gasteiger partial charge on any atom is -0.465 e. The molecule has 7 nitrogen and oxygen atoms in total. The SMILES string of the molecule is COP(=O)(OC)C1OC(C)(C)N(C(=O)O)[C@H]1CC1CCCCC1. The molecule has 1 heterocycles. The molecule has 1 N–H and O–H groups in total. The molecule has 1 aliphatic heterocycles. The molecule has 0 aromatic heterocycles. The smallest absolute Gasteiger partial charge is 0.409 e. The van der Waals surface area contributed by atoms with Crippen molar-refractivity contribution < 1.29 is 28.3 Å². The third-order valence-electron chi connectivity index (χ3n) is 4.98. The molecule has 0 aromatic carbocycles. The zero-order chi connectivity index (χ0) is 17.3. The molecular formula is C15H28NO6P. The Kier molecular flexibility index (Phi) is 5.77. The van der Waals surface area contributed by atoms with Crippen LogP contribution in [0.5, 0.6) is 0 Å². The number of rotatable bonds is 5. The number of hydrogen-bond donors (Lipinski definition) is 1. The first-order chi connectivity index (χ1) is 10.7. The molecule has 134 valence electrons. The van der Waals surface area contributed by atoms with E-state index in [1.165, 1.54) is 25.5 Å². The number of hydrogen-bond acceptors (Lipinski definition) is 5. The molecule has 0 radical (unpaired) electrons. The van der Waals surface area contributed by atoms with Gasteiger partial charge in [0.15, 0.2) is 5.85 Å². The first-order valence-corrected chi connectivity index (χ1v) is 9.77. The van der Waals surface area contributed by atoms with Gasteiger partial charge in [-0.25, -0.2) is 4.79 Å². The number of carbonyl (C=O) groups is 1. The van der Waals surface area contributed by atoms with Gasteiger partial charge < -0.3 is 18.9 Å². The van der Waals surface area contributed by atoms with E-state index in [1.807, 2.05) is 0 Å². The number of ether oxygens (including phenoxy) is 1. The lowest BCUT2D eigenvalue weighted by molar-refractivity contribution is -0.0550. The third kappa shape index (κ3) is 3.73. The van der Waals surface area contributed by atoms with E-state index in [0.29, 0.717) is 12.3 Å². The molecule has 2 aliphatic rings. The summed E-state index contributed by atoms with van der Waals surface area (Å²) in [7, 11) is -0.922. The predicted octanol–water partition coefficient (Wildman–Crippen LogP) is 3.88. The van der Waals surface area contributed by atoms with Gasteiger partial charge in [-0.3, -0.25) is 9.46 Å². The first-order valence-electron chi connectivity index (χ1n) is 8.16. The summed E-state index contributed by atoms with van der Waals surface area (Å²) in [4.78, 5) is 13.1. The van der Waals surface area contributed by atoms with Crippen molar-refractivity contribution >= 4 is 13.7 Å². The summed E-state index contributed by atoms with van der Waals surface area (Å²) in [6.07, 6.45) is 5.23. The van der Waals surface area contributed by atoms with E-state index in [4.69, 9.17) is 13.8 Å². The molecule has 0 bridgehead atoms. The number of amides is 1. The Morgan fingerprint density at radius 2 is 1.83 bits per heavy atom. The van der Waals surface area contributed by atoms with Crippen molar-refractivity contribution in [3.05, 3.63) is 0 Å². The Labute approximate surface area is 137 Å². The molecule has 23 heavy (non-hydrogen) atoms. The molecule has 1 saturated carbocycles. The lowest BCUT2D eigenvalue weighted by Gasteiger charge is -2.34. The summed E-state index contributed by atoms with van der Waals surface area (Å²) in [5.74, 6) is -0.483. The van der Waals surface area contributed by atoms with Gasteiger partial charge in [-0.15, -0.1) is 0 Å². The van der Waals surface area contributed by atoms with Gasteiger partial charge in [-0.05, 0) is 26.2 Å². The lowest BCUT2D eigenvalue weighted by Crippen LogP contribution is -2.48. The maximum atomic E-state index is 12.9. The summed E-state index contributed by atoms with van der Waals surface area (Å²) in [5.41, 5.74) is -1.07. The fraction of sp³-hybridized carbons (Fsp3) is 0.933. The van der Waals surface area contributed by atoms with Gasteiger partial charge >= 0.3 is 13.7 Å². The quantitative estimate of drug-likeness (QED) is 0.758. The summed E-state index contributed by atoms with van der Waals surface area (Å²) in [6, 6.07) is -0.531. The van der Waals surface area contributed by atoms with Crippen LogP contribution < -0.4 is 0 Å². The largest absolute Gasteiger partial charge is 0.465 e. The van der Waals surface area contributed by atoms with Gasteiger partial charge in [0.2, 0.25) is 0 Å². The Morgan fingerprint density at radius 1 is 1.26 bits per heavy atom. The van der Waals surface area contributed by atoms with Gasteiger partial charge in [0.05, 0.1) is 6.04 Å². The molecule has 1 amide bonds. The number of nitrogens with zero attached hydrogens (tertiary/aromatic N) is 1. The molecule has 1 aliphatic carbocycles. The lowest BCUT2D eigenvalue weighted by atomic mass is 9.84. The molecular weight excluding hydrogens is 321 g/mol. The van der Waals surface area contributed by atoms with Crippen LogP contribution in [0.2, 0.25) is 0 Å². The van der Waals surface area contributed by atoms with Crippen molar-refractivity contribution in [2.24, 2.45) is 5.92 Å². The van der Waals surface area contributed by atoms with Crippen molar-refractivity contribution in [1.82, 2.24) is 4.90 Å². The highest BCUT2D eigenvalue weighted by Gasteiger charge is 2.57. The van der Waals surface area contributed by atoms with Gasteiger partial charge in [0.1, 0.15) is 5.72 Å². The van der Waals surface area contributed by atoms with E-state index in [1.54, 1.807) is 13.8 Å². The summed E-state index contributed by atoms with van der Waals surface area (Å²) in [6.45, 7) is 3.34. The van der Waals surface area contributed by atoms with E-state index in [2.05, 4.69) is 0 Å². The molecule has 0 spiro atoms. The van der Waals surface area contributed by atoms with Crippen LogP contribution in [0.3, 0.4) is 0 Å². The molecule has 2 atom stereocenters. The Balaban J connectivity index is 2.31. The standard InChI is InChI=1S/C15H28NO6P/c1-15(2)16(14(17)18)12(10-11-8-6-5-7-9-11)13(22-15)23(19,20-3)21-4/h11-13H,5-10H2,1-4H3,(H,17,18)/t12-,13?/m0/s1. The second-order valence-electron chi connectivity index (χ2n) is 6.82. The third-order valence-corrected chi connectivity index (χ3v) is 7.07. The van der Waals surface area contributed by atoms with Crippen molar-refractivity contribution in [2.45, 2.75) is 70.0 Å². The molecule has 1 saturated heterocycles. The summed E-state index contributed by atoms with van der Waals surface area (Å²) < 4.78 is 28.9. The van der Waals surface area contributed by atoms with Crippen LogP contribution in [0, 0.1) is 5.92 Å². The van der Waals surface area contributed by atoms with Crippen LogP contribution in [-0.2, 0) is 18.3 Å². The topological polar surface area (TPSA) is 85.3 Å².